The number of allylic oxidation sites excluding steroid dienone is 2. The van der Waals surface area contributed by atoms with Crippen molar-refractivity contribution in [3.63, 3.8) is 0 Å². The largest absolute Gasteiger partial charge is 0.481 e. The van der Waals surface area contributed by atoms with Crippen molar-refractivity contribution < 1.29 is 19.4 Å². The Morgan fingerprint density at radius 1 is 1.11 bits per heavy atom. The zero-order valence-electron chi connectivity index (χ0n) is 10.1. The van der Waals surface area contributed by atoms with Crippen LogP contribution < -0.4 is 0 Å². The number of carbonyl (C=O) groups is 2. The van der Waals surface area contributed by atoms with Gasteiger partial charge in [-0.15, -0.1) is 0 Å². The number of morpholine rings is 1. The van der Waals surface area contributed by atoms with Gasteiger partial charge < -0.3 is 14.7 Å². The first-order chi connectivity index (χ1) is 8.68. The molecule has 2 aliphatic carbocycles. The maximum atomic E-state index is 12.5. The molecule has 1 N–H and O–H groups in total. The molecule has 18 heavy (non-hydrogen) atoms. The van der Waals surface area contributed by atoms with Crippen molar-refractivity contribution in [3.05, 3.63) is 12.2 Å². The predicted octanol–water partition coefficient (Wildman–Crippen LogP) is 0.368. The first kappa shape index (κ1) is 11.7. The first-order valence-electron chi connectivity index (χ1n) is 6.46. The number of hydrogen-bond donors (Lipinski definition) is 1. The van der Waals surface area contributed by atoms with E-state index in [1.165, 1.54) is 0 Å². The second-order valence-corrected chi connectivity index (χ2v) is 5.28. The van der Waals surface area contributed by atoms with Crippen LogP contribution in [-0.4, -0.2) is 48.2 Å². The maximum absolute atomic E-state index is 12.5. The molecule has 98 valence electrons. The van der Waals surface area contributed by atoms with Crippen molar-refractivity contribution in [2.24, 2.45) is 23.7 Å². The van der Waals surface area contributed by atoms with Crippen molar-refractivity contribution in [1.82, 2.24) is 4.90 Å². The topological polar surface area (TPSA) is 66.8 Å². The summed E-state index contributed by atoms with van der Waals surface area (Å²) in [4.78, 5) is 25.6. The fourth-order valence-corrected chi connectivity index (χ4v) is 3.49. The minimum Gasteiger partial charge on any atom is -0.481 e. The molecule has 0 radical (unpaired) electrons. The molecule has 0 spiro atoms. The fourth-order valence-electron chi connectivity index (χ4n) is 3.49. The van der Waals surface area contributed by atoms with Crippen LogP contribution >= 0.6 is 0 Å². The van der Waals surface area contributed by atoms with Crippen LogP contribution in [0, 0.1) is 23.7 Å². The Hall–Kier alpha value is -1.36. The van der Waals surface area contributed by atoms with Crippen LogP contribution in [0.1, 0.15) is 6.42 Å². The van der Waals surface area contributed by atoms with Crippen LogP contribution in [0.2, 0.25) is 0 Å². The van der Waals surface area contributed by atoms with Crippen molar-refractivity contribution in [2.75, 3.05) is 26.3 Å². The van der Waals surface area contributed by atoms with E-state index in [0.29, 0.717) is 26.3 Å². The highest BCUT2D eigenvalue weighted by atomic mass is 16.5. The van der Waals surface area contributed by atoms with E-state index in [9.17, 15) is 14.7 Å². The zero-order valence-corrected chi connectivity index (χ0v) is 10.1. The van der Waals surface area contributed by atoms with Gasteiger partial charge in [0.2, 0.25) is 5.91 Å². The third-order valence-electron chi connectivity index (χ3n) is 4.35. The quantitative estimate of drug-likeness (QED) is 0.720. The second-order valence-electron chi connectivity index (χ2n) is 5.28. The third kappa shape index (κ3) is 1.73. The van der Waals surface area contributed by atoms with Gasteiger partial charge in [0.1, 0.15) is 0 Å². The van der Waals surface area contributed by atoms with E-state index >= 15 is 0 Å². The summed E-state index contributed by atoms with van der Waals surface area (Å²) in [6.45, 7) is 2.28. The first-order valence-corrected chi connectivity index (χ1v) is 6.46. The number of rotatable bonds is 2. The van der Waals surface area contributed by atoms with Gasteiger partial charge >= 0.3 is 5.97 Å². The maximum Gasteiger partial charge on any atom is 0.307 e. The summed E-state index contributed by atoms with van der Waals surface area (Å²) in [5, 5.41) is 9.32. The monoisotopic (exact) mass is 251 g/mol. The Morgan fingerprint density at radius 2 is 1.72 bits per heavy atom. The zero-order chi connectivity index (χ0) is 12.7. The number of nitrogens with zero attached hydrogens (tertiary/aromatic N) is 1. The van der Waals surface area contributed by atoms with E-state index in [0.717, 1.165) is 6.42 Å². The van der Waals surface area contributed by atoms with Gasteiger partial charge in [0, 0.05) is 13.1 Å². The number of carboxylic acid groups (broad SMARTS) is 1. The average Bonchev–Trinajstić information content (AvgIpc) is 2.99. The van der Waals surface area contributed by atoms with Gasteiger partial charge in [-0.25, -0.2) is 0 Å². The van der Waals surface area contributed by atoms with Crippen molar-refractivity contribution in [2.45, 2.75) is 6.42 Å². The van der Waals surface area contributed by atoms with Gasteiger partial charge in [0.15, 0.2) is 0 Å². The highest BCUT2D eigenvalue weighted by Gasteiger charge is 2.52. The summed E-state index contributed by atoms with van der Waals surface area (Å²) in [5.74, 6) is -1.57. The number of aliphatic carboxylic acids is 1. The minimum absolute atomic E-state index is 0.00236. The number of ether oxygens (including phenoxy) is 1. The number of fused-ring (bicyclic) bond motifs is 2. The van der Waals surface area contributed by atoms with Gasteiger partial charge in [-0.05, 0) is 18.3 Å². The molecule has 1 aliphatic heterocycles. The summed E-state index contributed by atoms with van der Waals surface area (Å²) in [7, 11) is 0. The highest BCUT2D eigenvalue weighted by molar-refractivity contribution is 5.87. The van der Waals surface area contributed by atoms with Gasteiger partial charge in [0.05, 0.1) is 25.0 Å². The van der Waals surface area contributed by atoms with E-state index in [-0.39, 0.29) is 23.7 Å². The Labute approximate surface area is 105 Å². The predicted molar refractivity (Wildman–Crippen MR) is 62.8 cm³/mol. The highest BCUT2D eigenvalue weighted by Crippen LogP contribution is 2.48. The molecule has 2 bridgehead atoms. The number of amides is 1. The summed E-state index contributed by atoms with van der Waals surface area (Å²) in [5.41, 5.74) is 0. The molecule has 0 aromatic carbocycles. The Balaban J connectivity index is 1.79. The smallest absolute Gasteiger partial charge is 0.307 e. The van der Waals surface area contributed by atoms with Crippen molar-refractivity contribution in [1.29, 1.82) is 0 Å². The number of carbonyl (C=O) groups excluding carboxylic acids is 1. The Bertz CT molecular complexity index is 400. The van der Waals surface area contributed by atoms with Gasteiger partial charge in [-0.2, -0.15) is 0 Å². The van der Waals surface area contributed by atoms with E-state index in [4.69, 9.17) is 4.74 Å². The summed E-state index contributed by atoms with van der Waals surface area (Å²) in [6, 6.07) is 0. The SMILES string of the molecule is O=C(O)[C@@H]1C2C=CC(C2)[C@@H]1C(=O)N1CCOCC1. The molecule has 5 heteroatoms. The second kappa shape index (κ2) is 4.39. The van der Waals surface area contributed by atoms with Crippen LogP contribution in [0.4, 0.5) is 0 Å². The molecular weight excluding hydrogens is 234 g/mol. The standard InChI is InChI=1S/C13H17NO4/c15-12(14-3-5-18-6-4-14)10-8-1-2-9(7-8)11(10)13(16)17/h1-2,8-11H,3-7H2,(H,16,17)/t8?,9?,10-,11+/m0/s1. The lowest BCUT2D eigenvalue weighted by Crippen LogP contribution is -2.47. The molecule has 0 aromatic heterocycles. The third-order valence-corrected chi connectivity index (χ3v) is 4.35. The van der Waals surface area contributed by atoms with Crippen LogP contribution in [0.25, 0.3) is 0 Å². The van der Waals surface area contributed by atoms with Gasteiger partial charge in [0.25, 0.3) is 0 Å². The molecule has 4 atom stereocenters. The van der Waals surface area contributed by atoms with E-state index in [1.807, 2.05) is 12.2 Å². The van der Waals surface area contributed by atoms with Crippen molar-refractivity contribution in [3.8, 4) is 0 Å². The number of carboxylic acids is 1. The van der Waals surface area contributed by atoms with E-state index in [1.54, 1.807) is 4.90 Å². The summed E-state index contributed by atoms with van der Waals surface area (Å²) < 4.78 is 5.22. The molecule has 1 heterocycles. The molecule has 3 rings (SSSR count). The molecule has 2 fully saturated rings. The lowest BCUT2D eigenvalue weighted by molar-refractivity contribution is -0.152. The molecular formula is C13H17NO4. The molecule has 1 saturated heterocycles. The fraction of sp³-hybridized carbons (Fsp3) is 0.692. The normalized spacial score (nSPS) is 38.1. The lowest BCUT2D eigenvalue weighted by atomic mass is 9.82. The van der Waals surface area contributed by atoms with Crippen LogP contribution in [0.15, 0.2) is 12.2 Å². The van der Waals surface area contributed by atoms with E-state index < -0.39 is 11.9 Å². The minimum atomic E-state index is -0.835. The van der Waals surface area contributed by atoms with Gasteiger partial charge in [-0.3, -0.25) is 9.59 Å². The van der Waals surface area contributed by atoms with E-state index in [2.05, 4.69) is 0 Å². The lowest BCUT2D eigenvalue weighted by Gasteiger charge is -2.33. The molecule has 3 aliphatic rings. The Kier molecular flexibility index (Phi) is 2.86. The van der Waals surface area contributed by atoms with Gasteiger partial charge in [-0.1, -0.05) is 12.2 Å². The average molecular weight is 251 g/mol. The molecule has 2 unspecified atom stereocenters. The summed E-state index contributed by atoms with van der Waals surface area (Å²) >= 11 is 0. The van der Waals surface area contributed by atoms with Crippen LogP contribution in [0.5, 0.6) is 0 Å². The van der Waals surface area contributed by atoms with Crippen LogP contribution in [0.3, 0.4) is 0 Å². The molecule has 5 nitrogen and oxygen atoms in total. The molecule has 1 saturated carbocycles. The number of hydrogen-bond acceptors (Lipinski definition) is 3. The molecule has 1 amide bonds. The van der Waals surface area contributed by atoms with Crippen molar-refractivity contribution >= 4 is 11.9 Å². The molecule has 0 aromatic rings. The Morgan fingerprint density at radius 3 is 2.33 bits per heavy atom. The summed E-state index contributed by atoms with van der Waals surface area (Å²) in [6.07, 6.45) is 4.80. The van der Waals surface area contributed by atoms with Crippen LogP contribution in [-0.2, 0) is 14.3 Å².